The highest BCUT2D eigenvalue weighted by atomic mass is 16.5. The highest BCUT2D eigenvalue weighted by molar-refractivity contribution is 5.77. The van der Waals surface area contributed by atoms with Crippen molar-refractivity contribution in [2.45, 2.75) is 19.9 Å². The van der Waals surface area contributed by atoms with E-state index in [1.54, 1.807) is 24.0 Å². The van der Waals surface area contributed by atoms with Gasteiger partial charge in [0.15, 0.2) is 6.61 Å². The zero-order valence-electron chi connectivity index (χ0n) is 14.6. The highest BCUT2D eigenvalue weighted by Gasteiger charge is 2.18. The van der Waals surface area contributed by atoms with E-state index in [2.05, 4.69) is 5.32 Å². The molecule has 0 radical (unpaired) electrons. The van der Waals surface area contributed by atoms with E-state index in [9.17, 15) is 9.59 Å². The van der Waals surface area contributed by atoms with Crippen molar-refractivity contribution in [2.24, 2.45) is 0 Å². The maximum atomic E-state index is 11.9. The molecule has 1 atom stereocenters. The highest BCUT2D eigenvalue weighted by Crippen LogP contribution is 2.19. The van der Waals surface area contributed by atoms with Gasteiger partial charge in [-0.3, -0.25) is 9.59 Å². The summed E-state index contributed by atoms with van der Waals surface area (Å²) in [4.78, 5) is 25.5. The number of hydrogen-bond acceptors (Lipinski definition) is 3. The van der Waals surface area contributed by atoms with Gasteiger partial charge in [0.25, 0.3) is 5.91 Å². The summed E-state index contributed by atoms with van der Waals surface area (Å²) in [5.41, 5.74) is 1.07. The Morgan fingerprint density at radius 2 is 1.64 bits per heavy atom. The van der Waals surface area contributed by atoms with E-state index in [1.165, 1.54) is 0 Å². The van der Waals surface area contributed by atoms with Crippen LogP contribution in [0.15, 0.2) is 60.7 Å². The van der Waals surface area contributed by atoms with Crippen molar-refractivity contribution in [3.8, 4) is 5.75 Å². The standard InChI is InChI=1S/C20H24N2O3/c1-16(18-9-5-3-6-10-18)22(17(2)23)14-13-21-20(24)15-25-19-11-7-4-8-12-19/h3-12,16H,13-15H2,1-2H3,(H,21,24). The Kier molecular flexibility index (Phi) is 7.01. The largest absolute Gasteiger partial charge is 0.484 e. The second kappa shape index (κ2) is 9.47. The van der Waals surface area contributed by atoms with Gasteiger partial charge in [-0.2, -0.15) is 0 Å². The zero-order valence-corrected chi connectivity index (χ0v) is 14.6. The predicted molar refractivity (Wildman–Crippen MR) is 97.2 cm³/mol. The fourth-order valence-electron chi connectivity index (χ4n) is 2.57. The van der Waals surface area contributed by atoms with E-state index >= 15 is 0 Å². The van der Waals surface area contributed by atoms with Gasteiger partial charge in [0, 0.05) is 20.0 Å². The number of benzene rings is 2. The molecule has 2 rings (SSSR count). The zero-order chi connectivity index (χ0) is 18.1. The van der Waals surface area contributed by atoms with E-state index in [0.717, 1.165) is 5.56 Å². The topological polar surface area (TPSA) is 58.6 Å². The molecule has 5 heteroatoms. The lowest BCUT2D eigenvalue weighted by Crippen LogP contribution is -2.40. The number of rotatable bonds is 8. The third-order valence-electron chi connectivity index (χ3n) is 3.94. The van der Waals surface area contributed by atoms with Gasteiger partial charge in [-0.1, -0.05) is 48.5 Å². The molecule has 2 aromatic carbocycles. The lowest BCUT2D eigenvalue weighted by atomic mass is 10.1. The third kappa shape index (κ3) is 5.95. The Hall–Kier alpha value is -2.82. The normalized spacial score (nSPS) is 11.4. The number of amides is 2. The number of nitrogens with zero attached hydrogens (tertiary/aromatic N) is 1. The molecule has 1 N–H and O–H groups in total. The molecule has 0 fully saturated rings. The molecule has 0 aromatic heterocycles. The number of hydrogen-bond donors (Lipinski definition) is 1. The summed E-state index contributed by atoms with van der Waals surface area (Å²) in [5, 5.41) is 2.79. The fraction of sp³-hybridized carbons (Fsp3) is 0.300. The van der Waals surface area contributed by atoms with Crippen LogP contribution < -0.4 is 10.1 Å². The summed E-state index contributed by atoms with van der Waals surface area (Å²) in [6, 6.07) is 19.0. The van der Waals surface area contributed by atoms with Gasteiger partial charge in [0.05, 0.1) is 6.04 Å². The minimum absolute atomic E-state index is 0.0221. The summed E-state index contributed by atoms with van der Waals surface area (Å²) in [7, 11) is 0. The molecule has 0 aliphatic heterocycles. The number of carbonyl (C=O) groups excluding carboxylic acids is 2. The van der Waals surface area contributed by atoms with Crippen LogP contribution in [0.2, 0.25) is 0 Å². The molecular weight excluding hydrogens is 316 g/mol. The average molecular weight is 340 g/mol. The van der Waals surface area contributed by atoms with Crippen molar-refractivity contribution >= 4 is 11.8 Å². The molecule has 2 aromatic rings. The Morgan fingerprint density at radius 3 is 2.24 bits per heavy atom. The second-order valence-electron chi connectivity index (χ2n) is 5.75. The molecule has 0 bridgehead atoms. The minimum atomic E-state index is -0.209. The molecule has 0 spiro atoms. The average Bonchev–Trinajstić information content (AvgIpc) is 2.64. The molecule has 132 valence electrons. The first-order valence-corrected chi connectivity index (χ1v) is 8.34. The number of para-hydroxylation sites is 1. The van der Waals surface area contributed by atoms with Crippen LogP contribution in [0, 0.1) is 0 Å². The summed E-state index contributed by atoms with van der Waals surface area (Å²) in [6.07, 6.45) is 0. The van der Waals surface area contributed by atoms with E-state index in [-0.39, 0.29) is 24.5 Å². The molecular formula is C20H24N2O3. The van der Waals surface area contributed by atoms with Crippen LogP contribution in [0.5, 0.6) is 5.75 Å². The number of ether oxygens (including phenoxy) is 1. The van der Waals surface area contributed by atoms with Crippen LogP contribution in [-0.2, 0) is 9.59 Å². The maximum Gasteiger partial charge on any atom is 0.258 e. The van der Waals surface area contributed by atoms with Gasteiger partial charge in [0.1, 0.15) is 5.75 Å². The maximum absolute atomic E-state index is 11.9. The van der Waals surface area contributed by atoms with Crippen molar-refractivity contribution in [1.29, 1.82) is 0 Å². The first-order valence-electron chi connectivity index (χ1n) is 8.34. The van der Waals surface area contributed by atoms with Crippen molar-refractivity contribution in [3.63, 3.8) is 0 Å². The Morgan fingerprint density at radius 1 is 1.04 bits per heavy atom. The quantitative estimate of drug-likeness (QED) is 0.804. The van der Waals surface area contributed by atoms with Crippen LogP contribution >= 0.6 is 0 Å². The first-order chi connectivity index (χ1) is 12.1. The van der Waals surface area contributed by atoms with Crippen LogP contribution in [0.1, 0.15) is 25.5 Å². The van der Waals surface area contributed by atoms with Gasteiger partial charge < -0.3 is 15.0 Å². The van der Waals surface area contributed by atoms with E-state index < -0.39 is 0 Å². The van der Waals surface area contributed by atoms with E-state index in [4.69, 9.17) is 4.74 Å². The van der Waals surface area contributed by atoms with Crippen LogP contribution in [-0.4, -0.2) is 36.4 Å². The molecule has 1 unspecified atom stereocenters. The van der Waals surface area contributed by atoms with Gasteiger partial charge in [-0.25, -0.2) is 0 Å². The predicted octanol–water partition coefficient (Wildman–Crippen LogP) is 2.79. The molecule has 25 heavy (non-hydrogen) atoms. The summed E-state index contributed by atoms with van der Waals surface area (Å²) < 4.78 is 5.40. The monoisotopic (exact) mass is 340 g/mol. The molecule has 0 aliphatic carbocycles. The Labute approximate surface area is 148 Å². The summed E-state index contributed by atoms with van der Waals surface area (Å²) in [5.74, 6) is 0.423. The van der Waals surface area contributed by atoms with Gasteiger partial charge in [-0.15, -0.1) is 0 Å². The molecule has 0 saturated heterocycles. The van der Waals surface area contributed by atoms with Gasteiger partial charge in [-0.05, 0) is 24.6 Å². The molecule has 0 saturated carbocycles. The second-order valence-corrected chi connectivity index (χ2v) is 5.75. The smallest absolute Gasteiger partial charge is 0.258 e. The number of carbonyl (C=O) groups is 2. The van der Waals surface area contributed by atoms with Crippen molar-refractivity contribution in [3.05, 3.63) is 66.2 Å². The molecule has 5 nitrogen and oxygen atoms in total. The minimum Gasteiger partial charge on any atom is -0.484 e. The van der Waals surface area contributed by atoms with Crippen LogP contribution in [0.25, 0.3) is 0 Å². The number of nitrogens with one attached hydrogen (secondary N) is 1. The van der Waals surface area contributed by atoms with E-state index in [0.29, 0.717) is 18.8 Å². The SMILES string of the molecule is CC(=O)N(CCNC(=O)COc1ccccc1)C(C)c1ccccc1. The van der Waals surface area contributed by atoms with Gasteiger partial charge in [0.2, 0.25) is 5.91 Å². The lowest BCUT2D eigenvalue weighted by molar-refractivity contribution is -0.131. The summed E-state index contributed by atoms with van der Waals surface area (Å²) in [6.45, 7) is 4.31. The van der Waals surface area contributed by atoms with Crippen molar-refractivity contribution in [1.82, 2.24) is 10.2 Å². The van der Waals surface area contributed by atoms with Crippen LogP contribution in [0.4, 0.5) is 0 Å². The Bertz CT molecular complexity index is 674. The van der Waals surface area contributed by atoms with Gasteiger partial charge >= 0.3 is 0 Å². The van der Waals surface area contributed by atoms with E-state index in [1.807, 2.05) is 55.5 Å². The molecule has 0 aliphatic rings. The molecule has 2 amide bonds. The van der Waals surface area contributed by atoms with Crippen molar-refractivity contribution in [2.75, 3.05) is 19.7 Å². The van der Waals surface area contributed by atoms with Crippen molar-refractivity contribution < 1.29 is 14.3 Å². The fourth-order valence-corrected chi connectivity index (χ4v) is 2.57. The Balaban J connectivity index is 1.79. The van der Waals surface area contributed by atoms with Crippen LogP contribution in [0.3, 0.4) is 0 Å². The first kappa shape index (κ1) is 18.5. The third-order valence-corrected chi connectivity index (χ3v) is 3.94. The lowest BCUT2D eigenvalue weighted by Gasteiger charge is -2.28. The molecule has 0 heterocycles. The summed E-state index contributed by atoms with van der Waals surface area (Å²) >= 11 is 0.